The molecule has 4 N–H and O–H groups in total. The van der Waals surface area contributed by atoms with E-state index in [0.29, 0.717) is 0 Å². The van der Waals surface area contributed by atoms with E-state index in [9.17, 15) is 0 Å². The van der Waals surface area contributed by atoms with Gasteiger partial charge in [-0.25, -0.2) is 8.25 Å². The van der Waals surface area contributed by atoms with Crippen LogP contribution in [0.4, 0.5) is 0 Å². The summed E-state index contributed by atoms with van der Waals surface area (Å²) in [4.78, 5) is 0. The minimum Gasteiger partial charge on any atom is -0.759 e. The molecule has 0 aromatic heterocycles. The molecule has 0 saturated heterocycles. The summed E-state index contributed by atoms with van der Waals surface area (Å²) >= 11 is 6.96. The van der Waals surface area contributed by atoms with E-state index >= 15 is 0 Å². The van der Waals surface area contributed by atoms with Crippen molar-refractivity contribution >= 4 is 58.2 Å². The fourth-order valence-electron chi connectivity index (χ4n) is 0.192. The molecule has 0 heterocycles. The SMILES string of the molecule is CS[NH2+]SC.CS[NH2+]SC.O=S(=O)([O-])[O-]. The Morgan fingerprint density at radius 1 is 0.800 bits per heavy atom. The molecule has 0 aliphatic rings. The van der Waals surface area contributed by atoms with Crippen LogP contribution in [0.3, 0.4) is 0 Å². The average molecular weight is 317 g/mol. The van der Waals surface area contributed by atoms with E-state index in [4.69, 9.17) is 17.5 Å². The monoisotopic (exact) mass is 316 g/mol. The summed E-state index contributed by atoms with van der Waals surface area (Å²) in [5.41, 5.74) is 0. The van der Waals surface area contributed by atoms with Gasteiger partial charge in [0, 0.05) is 35.4 Å². The van der Waals surface area contributed by atoms with E-state index in [2.05, 4.69) is 33.3 Å². The predicted octanol–water partition coefficient (Wildman–Crippen LogP) is -1.13. The highest BCUT2D eigenvalue weighted by molar-refractivity contribution is 8.03. The molecule has 96 valence electrons. The van der Waals surface area contributed by atoms with E-state index in [1.807, 2.05) is 0 Å². The van der Waals surface area contributed by atoms with Crippen LogP contribution in [0, 0.1) is 0 Å². The van der Waals surface area contributed by atoms with Gasteiger partial charge in [-0.3, -0.25) is 8.42 Å². The lowest BCUT2D eigenvalue weighted by atomic mass is 12.0. The van der Waals surface area contributed by atoms with Crippen LogP contribution in [0.1, 0.15) is 0 Å². The molecule has 0 fully saturated rings. The second kappa shape index (κ2) is 17.6. The zero-order valence-electron chi connectivity index (χ0n) is 8.83. The van der Waals surface area contributed by atoms with Crippen LogP contribution < -0.4 is 8.25 Å². The topological polar surface area (TPSA) is 113 Å². The molecule has 0 aliphatic heterocycles. The Bertz CT molecular complexity index is 169. The van der Waals surface area contributed by atoms with Crippen LogP contribution in [-0.4, -0.2) is 42.5 Å². The molecule has 6 nitrogen and oxygen atoms in total. The minimum absolute atomic E-state index is 1.74. The largest absolute Gasteiger partial charge is 0.759 e. The molecule has 0 amide bonds. The number of quaternary nitrogens is 2. The first-order valence-electron chi connectivity index (χ1n) is 3.24. The van der Waals surface area contributed by atoms with E-state index < -0.39 is 10.4 Å². The number of rotatable bonds is 4. The number of hydrogen-bond donors (Lipinski definition) is 2. The first kappa shape index (κ1) is 21.5. The molecule has 0 bridgehead atoms. The molecule has 0 rings (SSSR count). The summed E-state index contributed by atoms with van der Waals surface area (Å²) in [6, 6.07) is 0. The van der Waals surface area contributed by atoms with Crippen LogP contribution in [0.25, 0.3) is 0 Å². The van der Waals surface area contributed by atoms with Crippen LogP contribution in [0.5, 0.6) is 0 Å². The van der Waals surface area contributed by atoms with Crippen molar-refractivity contribution in [2.45, 2.75) is 0 Å². The second-order valence-corrected chi connectivity index (χ2v) is 5.79. The van der Waals surface area contributed by atoms with Crippen LogP contribution in [-0.2, 0) is 10.4 Å². The Morgan fingerprint density at radius 3 is 0.933 bits per heavy atom. The van der Waals surface area contributed by atoms with Gasteiger partial charge in [0.05, 0.1) is 47.8 Å². The summed E-state index contributed by atoms with van der Waals surface area (Å²) < 4.78 is 38.3. The zero-order valence-corrected chi connectivity index (χ0v) is 12.9. The van der Waals surface area contributed by atoms with Gasteiger partial charge in [0.1, 0.15) is 0 Å². The third-order valence-corrected chi connectivity index (χ3v) is 3.46. The van der Waals surface area contributed by atoms with E-state index in [0.717, 1.165) is 0 Å². The maximum Gasteiger partial charge on any atom is 0.0796 e. The zero-order chi connectivity index (χ0) is 12.7. The van der Waals surface area contributed by atoms with Crippen molar-refractivity contribution in [3.63, 3.8) is 0 Å². The van der Waals surface area contributed by atoms with Crippen molar-refractivity contribution in [2.75, 3.05) is 25.0 Å². The average Bonchev–Trinajstić information content (AvgIpc) is 2.05. The van der Waals surface area contributed by atoms with Gasteiger partial charge in [0.25, 0.3) is 0 Å². The van der Waals surface area contributed by atoms with E-state index in [-0.39, 0.29) is 0 Å². The quantitative estimate of drug-likeness (QED) is 0.381. The van der Waals surface area contributed by atoms with Crippen LogP contribution in [0.15, 0.2) is 0 Å². The second-order valence-electron chi connectivity index (χ2n) is 1.54. The molecule has 0 aliphatic carbocycles. The lowest BCUT2D eigenvalue weighted by Gasteiger charge is -2.06. The third kappa shape index (κ3) is 98.1. The summed E-state index contributed by atoms with van der Waals surface area (Å²) in [6.45, 7) is 0. The lowest BCUT2D eigenvalue weighted by Crippen LogP contribution is -2.64. The van der Waals surface area contributed by atoms with Gasteiger partial charge in [0.2, 0.25) is 0 Å². The molecule has 0 atom stereocenters. The fourth-order valence-corrected chi connectivity index (χ4v) is 1.73. The Labute approximate surface area is 109 Å². The summed E-state index contributed by atoms with van der Waals surface area (Å²) in [6.07, 6.45) is 8.21. The highest BCUT2D eigenvalue weighted by Gasteiger charge is 1.72. The molecule has 0 radical (unpaired) electrons. The molecule has 15 heavy (non-hydrogen) atoms. The van der Waals surface area contributed by atoms with Crippen molar-refractivity contribution in [3.05, 3.63) is 0 Å². The minimum atomic E-state index is -5.17. The Kier molecular flexibility index (Phi) is 25.2. The predicted molar refractivity (Wildman–Crippen MR) is 68.4 cm³/mol. The molecule has 0 aromatic carbocycles. The van der Waals surface area contributed by atoms with E-state index in [1.54, 1.807) is 47.8 Å². The Balaban J connectivity index is -0.000000144. The van der Waals surface area contributed by atoms with Crippen molar-refractivity contribution in [3.8, 4) is 0 Å². The van der Waals surface area contributed by atoms with Gasteiger partial charge in [0.15, 0.2) is 0 Å². The highest BCUT2D eigenvalue weighted by Crippen LogP contribution is 1.72. The summed E-state index contributed by atoms with van der Waals surface area (Å²) in [5.74, 6) is 0. The van der Waals surface area contributed by atoms with Gasteiger partial charge in [-0.15, -0.1) is 0 Å². The van der Waals surface area contributed by atoms with Gasteiger partial charge in [-0.2, -0.15) is 0 Å². The van der Waals surface area contributed by atoms with Crippen molar-refractivity contribution < 1.29 is 25.8 Å². The highest BCUT2D eigenvalue weighted by atomic mass is 32.3. The normalized spacial score (nSPS) is 9.47. The van der Waals surface area contributed by atoms with Crippen molar-refractivity contribution in [2.24, 2.45) is 0 Å². The fraction of sp³-hybridized carbons (Fsp3) is 1.00. The lowest BCUT2D eigenvalue weighted by molar-refractivity contribution is -0.266. The molecule has 0 unspecified atom stereocenters. The van der Waals surface area contributed by atoms with Crippen LogP contribution >= 0.6 is 47.8 Å². The van der Waals surface area contributed by atoms with E-state index in [1.165, 1.54) is 0 Å². The Morgan fingerprint density at radius 2 is 0.933 bits per heavy atom. The Hall–Kier alpha value is 1.19. The first-order chi connectivity index (χ1) is 6.83. The summed E-state index contributed by atoms with van der Waals surface area (Å²) in [5, 5.41) is 0. The number of nitrogens with two attached hydrogens (primary N) is 2. The van der Waals surface area contributed by atoms with Gasteiger partial charge >= 0.3 is 0 Å². The molecular formula is C4H16N2O4S5. The standard InChI is InChI=1S/2C2H7NS2.H2O4S/c2*1-4-3-5-2;1-5(2,3)4/h2*3H,1-2H3;(H2,1,2,3,4). The maximum atomic E-state index is 8.52. The van der Waals surface area contributed by atoms with Crippen molar-refractivity contribution in [1.29, 1.82) is 0 Å². The molecule has 11 heteroatoms. The van der Waals surface area contributed by atoms with Gasteiger partial charge < -0.3 is 9.11 Å². The van der Waals surface area contributed by atoms with Crippen LogP contribution in [0.2, 0.25) is 0 Å². The number of hydrogen-bond acceptors (Lipinski definition) is 8. The van der Waals surface area contributed by atoms with Crippen molar-refractivity contribution in [1.82, 2.24) is 0 Å². The molecule has 0 spiro atoms. The molecule has 0 saturated carbocycles. The van der Waals surface area contributed by atoms with Gasteiger partial charge in [-0.1, -0.05) is 0 Å². The third-order valence-electron chi connectivity index (χ3n) is 0.385. The first-order valence-corrected chi connectivity index (χ1v) is 9.73. The smallest absolute Gasteiger partial charge is 0.0796 e. The maximum absolute atomic E-state index is 8.52. The molecular weight excluding hydrogens is 300 g/mol. The molecule has 0 aromatic rings. The summed E-state index contributed by atoms with van der Waals surface area (Å²) in [7, 11) is -5.17. The van der Waals surface area contributed by atoms with Gasteiger partial charge in [-0.05, 0) is 0 Å².